The third-order valence-corrected chi connectivity index (χ3v) is 4.17. The maximum atomic E-state index is 10.2. The average Bonchev–Trinajstić information content (AvgIpc) is 2.93. The molecule has 0 radical (unpaired) electrons. The molecular formula is C18H29NO3. The van der Waals surface area contributed by atoms with E-state index in [1.165, 1.54) is 5.56 Å². The van der Waals surface area contributed by atoms with E-state index >= 15 is 0 Å². The van der Waals surface area contributed by atoms with Crippen molar-refractivity contribution in [2.45, 2.75) is 33.3 Å². The van der Waals surface area contributed by atoms with Crippen molar-refractivity contribution in [1.29, 1.82) is 0 Å². The topological polar surface area (TPSA) is 41.9 Å². The molecule has 2 atom stereocenters. The van der Waals surface area contributed by atoms with Gasteiger partial charge in [-0.05, 0) is 56.8 Å². The van der Waals surface area contributed by atoms with Crippen molar-refractivity contribution in [2.75, 3.05) is 39.5 Å². The molecule has 0 amide bonds. The predicted octanol–water partition coefficient (Wildman–Crippen LogP) is 2.40. The van der Waals surface area contributed by atoms with Crippen LogP contribution in [0.1, 0.15) is 24.5 Å². The lowest BCUT2D eigenvalue weighted by atomic mass is 10.1. The largest absolute Gasteiger partial charge is 0.491 e. The van der Waals surface area contributed by atoms with E-state index in [1.54, 1.807) is 0 Å². The second-order valence-corrected chi connectivity index (χ2v) is 6.31. The van der Waals surface area contributed by atoms with Crippen molar-refractivity contribution in [3.8, 4) is 5.75 Å². The molecule has 2 unspecified atom stereocenters. The second-order valence-electron chi connectivity index (χ2n) is 6.31. The van der Waals surface area contributed by atoms with Gasteiger partial charge in [-0.25, -0.2) is 0 Å². The molecule has 2 rings (SSSR count). The van der Waals surface area contributed by atoms with Gasteiger partial charge in [0.05, 0.1) is 6.61 Å². The first-order valence-corrected chi connectivity index (χ1v) is 8.26. The Hall–Kier alpha value is -1.10. The Morgan fingerprint density at radius 2 is 2.18 bits per heavy atom. The van der Waals surface area contributed by atoms with Crippen molar-refractivity contribution in [1.82, 2.24) is 4.90 Å². The number of aryl methyl sites for hydroxylation is 2. The van der Waals surface area contributed by atoms with E-state index < -0.39 is 6.10 Å². The maximum absolute atomic E-state index is 10.2. The van der Waals surface area contributed by atoms with Crippen molar-refractivity contribution >= 4 is 0 Å². The minimum Gasteiger partial charge on any atom is -0.491 e. The lowest BCUT2D eigenvalue weighted by Gasteiger charge is -2.21. The van der Waals surface area contributed by atoms with Crippen LogP contribution >= 0.6 is 0 Å². The van der Waals surface area contributed by atoms with Gasteiger partial charge in [0.15, 0.2) is 0 Å². The second kappa shape index (κ2) is 8.51. The minimum absolute atomic E-state index is 0.344. The molecule has 124 valence electrons. The van der Waals surface area contributed by atoms with E-state index in [-0.39, 0.29) is 0 Å². The van der Waals surface area contributed by atoms with Gasteiger partial charge in [-0.1, -0.05) is 12.1 Å². The van der Waals surface area contributed by atoms with Crippen LogP contribution in [-0.4, -0.2) is 55.6 Å². The zero-order chi connectivity index (χ0) is 15.9. The van der Waals surface area contributed by atoms with E-state index in [4.69, 9.17) is 9.47 Å². The molecule has 1 aliphatic rings. The summed E-state index contributed by atoms with van der Waals surface area (Å²) in [6.45, 7) is 10.8. The number of likely N-dealkylation sites (tertiary alicyclic amines) is 1. The standard InChI is InChI=1S/C18H29NO3/c1-4-21-12-16-7-8-19(10-16)11-17(20)13-22-18-9-14(2)5-6-15(18)3/h5-6,9,16-17,20H,4,7-8,10-13H2,1-3H3. The highest BCUT2D eigenvalue weighted by Gasteiger charge is 2.24. The van der Waals surface area contributed by atoms with Gasteiger partial charge in [-0.3, -0.25) is 0 Å². The number of aliphatic hydroxyl groups excluding tert-OH is 1. The molecule has 1 fully saturated rings. The summed E-state index contributed by atoms with van der Waals surface area (Å²) in [6.07, 6.45) is 0.704. The van der Waals surface area contributed by atoms with E-state index in [2.05, 4.69) is 17.0 Å². The molecule has 0 spiro atoms. The van der Waals surface area contributed by atoms with Crippen LogP contribution in [-0.2, 0) is 4.74 Å². The van der Waals surface area contributed by atoms with Gasteiger partial charge in [-0.2, -0.15) is 0 Å². The van der Waals surface area contributed by atoms with Gasteiger partial charge < -0.3 is 19.5 Å². The molecule has 4 nitrogen and oxygen atoms in total. The molecule has 1 N–H and O–H groups in total. The van der Waals surface area contributed by atoms with Gasteiger partial charge in [0.25, 0.3) is 0 Å². The first-order chi connectivity index (χ1) is 10.6. The lowest BCUT2D eigenvalue weighted by Crippen LogP contribution is -2.34. The van der Waals surface area contributed by atoms with Gasteiger partial charge in [0.2, 0.25) is 0 Å². The molecule has 22 heavy (non-hydrogen) atoms. The zero-order valence-electron chi connectivity index (χ0n) is 14.0. The Labute approximate surface area is 134 Å². The highest BCUT2D eigenvalue weighted by atomic mass is 16.5. The number of hydrogen-bond acceptors (Lipinski definition) is 4. The number of ether oxygens (including phenoxy) is 2. The highest BCUT2D eigenvalue weighted by molar-refractivity contribution is 5.35. The Kier molecular flexibility index (Phi) is 6.68. The number of benzene rings is 1. The van der Waals surface area contributed by atoms with Gasteiger partial charge in [-0.15, -0.1) is 0 Å². The number of β-amino-alcohol motifs (C(OH)–C–C–N with tert-alkyl or cyclic N) is 1. The molecule has 0 saturated carbocycles. The smallest absolute Gasteiger partial charge is 0.122 e. The molecule has 0 bridgehead atoms. The van der Waals surface area contributed by atoms with Crippen LogP contribution in [0.25, 0.3) is 0 Å². The number of rotatable bonds is 8. The SMILES string of the molecule is CCOCC1CCN(CC(O)COc2cc(C)ccc2C)C1. The van der Waals surface area contributed by atoms with Gasteiger partial charge in [0, 0.05) is 19.7 Å². The van der Waals surface area contributed by atoms with Crippen molar-refractivity contribution in [3.05, 3.63) is 29.3 Å². The molecule has 0 aliphatic carbocycles. The average molecular weight is 307 g/mol. The van der Waals surface area contributed by atoms with Crippen molar-refractivity contribution < 1.29 is 14.6 Å². The van der Waals surface area contributed by atoms with Crippen LogP contribution in [0.15, 0.2) is 18.2 Å². The number of nitrogens with zero attached hydrogens (tertiary/aromatic N) is 1. The Bertz CT molecular complexity index is 464. The molecular weight excluding hydrogens is 278 g/mol. The lowest BCUT2D eigenvalue weighted by molar-refractivity contribution is 0.0699. The zero-order valence-corrected chi connectivity index (χ0v) is 14.0. The first kappa shape index (κ1) is 17.3. The highest BCUT2D eigenvalue weighted by Crippen LogP contribution is 2.20. The molecule has 1 heterocycles. The summed E-state index contributed by atoms with van der Waals surface area (Å²) in [5, 5.41) is 10.2. The van der Waals surface area contributed by atoms with Crippen molar-refractivity contribution in [3.63, 3.8) is 0 Å². The van der Waals surface area contributed by atoms with Crippen LogP contribution in [0.3, 0.4) is 0 Å². The predicted molar refractivity (Wildman–Crippen MR) is 88.5 cm³/mol. The Morgan fingerprint density at radius 1 is 1.36 bits per heavy atom. The van der Waals surface area contributed by atoms with Crippen LogP contribution in [0.5, 0.6) is 5.75 Å². The third kappa shape index (κ3) is 5.27. The summed E-state index contributed by atoms with van der Waals surface area (Å²) in [5.41, 5.74) is 2.28. The maximum Gasteiger partial charge on any atom is 0.122 e. The van der Waals surface area contributed by atoms with Gasteiger partial charge >= 0.3 is 0 Å². The summed E-state index contributed by atoms with van der Waals surface area (Å²) >= 11 is 0. The fourth-order valence-electron chi connectivity index (χ4n) is 2.90. The van der Waals surface area contributed by atoms with Crippen LogP contribution in [0, 0.1) is 19.8 Å². The first-order valence-electron chi connectivity index (χ1n) is 8.26. The van der Waals surface area contributed by atoms with E-state index in [1.807, 2.05) is 26.8 Å². The van der Waals surface area contributed by atoms with E-state index in [9.17, 15) is 5.11 Å². The fraction of sp³-hybridized carbons (Fsp3) is 0.667. The summed E-state index contributed by atoms with van der Waals surface area (Å²) in [7, 11) is 0. The monoisotopic (exact) mass is 307 g/mol. The molecule has 4 heteroatoms. The normalized spacial score (nSPS) is 20.3. The molecule has 0 aromatic heterocycles. The molecule has 1 aromatic carbocycles. The number of hydrogen-bond donors (Lipinski definition) is 1. The summed E-state index contributed by atoms with van der Waals surface area (Å²) in [4.78, 5) is 2.31. The van der Waals surface area contributed by atoms with Gasteiger partial charge in [0.1, 0.15) is 18.5 Å². The minimum atomic E-state index is -0.453. The molecule has 1 aliphatic heterocycles. The van der Waals surface area contributed by atoms with E-state index in [0.717, 1.165) is 44.0 Å². The molecule has 1 aromatic rings. The fourth-order valence-corrected chi connectivity index (χ4v) is 2.90. The third-order valence-electron chi connectivity index (χ3n) is 4.17. The summed E-state index contributed by atoms with van der Waals surface area (Å²) < 4.78 is 11.3. The van der Waals surface area contributed by atoms with E-state index in [0.29, 0.717) is 19.1 Å². The molecule has 1 saturated heterocycles. The number of aliphatic hydroxyl groups is 1. The van der Waals surface area contributed by atoms with Crippen molar-refractivity contribution in [2.24, 2.45) is 5.92 Å². The summed E-state index contributed by atoms with van der Waals surface area (Å²) in [6, 6.07) is 6.15. The Morgan fingerprint density at radius 3 is 2.95 bits per heavy atom. The van der Waals surface area contributed by atoms with Crippen LogP contribution in [0.2, 0.25) is 0 Å². The quantitative estimate of drug-likeness (QED) is 0.801. The Balaban J connectivity index is 1.72. The van der Waals surface area contributed by atoms with Crippen LogP contribution in [0.4, 0.5) is 0 Å². The summed E-state index contributed by atoms with van der Waals surface area (Å²) in [5.74, 6) is 1.47. The van der Waals surface area contributed by atoms with Crippen LogP contribution < -0.4 is 4.74 Å².